The van der Waals surface area contributed by atoms with E-state index in [1.807, 2.05) is 0 Å². The van der Waals surface area contributed by atoms with Gasteiger partial charge in [-0.3, -0.25) is 0 Å². The fourth-order valence-corrected chi connectivity index (χ4v) is 2.47. The third-order valence-electron chi connectivity index (χ3n) is 3.76. The number of hydrogen-bond acceptors (Lipinski definition) is 7. The minimum absolute atomic E-state index is 0.178. The average Bonchev–Trinajstić information content (AvgIpc) is 2.64. The van der Waals surface area contributed by atoms with Gasteiger partial charge in [-0.15, -0.1) is 0 Å². The first-order valence-corrected chi connectivity index (χ1v) is 7.94. The maximum atomic E-state index is 14.2. The van der Waals surface area contributed by atoms with Crippen LogP contribution in [-0.4, -0.2) is 34.9 Å². The van der Waals surface area contributed by atoms with Crippen molar-refractivity contribution in [2.45, 2.75) is 13.0 Å². The molecule has 1 unspecified atom stereocenters. The van der Waals surface area contributed by atoms with Crippen LogP contribution in [0.5, 0.6) is 11.5 Å². The average molecular weight is 358 g/mol. The van der Waals surface area contributed by atoms with Crippen LogP contribution in [0, 0.1) is 5.82 Å². The molecule has 7 nitrogen and oxygen atoms in total. The fourth-order valence-electron chi connectivity index (χ4n) is 2.47. The van der Waals surface area contributed by atoms with Gasteiger partial charge in [0.15, 0.2) is 11.5 Å². The molecular formula is C18H19FN4O3. The lowest BCUT2D eigenvalue weighted by atomic mass is 10.2. The summed E-state index contributed by atoms with van der Waals surface area (Å²) in [4.78, 5) is 8.44. The number of aliphatic hydroxyl groups excluding tert-OH is 1. The van der Waals surface area contributed by atoms with E-state index in [1.54, 1.807) is 25.1 Å². The first-order valence-electron chi connectivity index (χ1n) is 7.94. The molecule has 0 aliphatic heterocycles. The number of halogens is 1. The zero-order chi connectivity index (χ0) is 18.7. The number of nitrogens with two attached hydrogens (primary N) is 1. The predicted molar refractivity (Wildman–Crippen MR) is 97.4 cm³/mol. The topological polar surface area (TPSA) is 103 Å². The van der Waals surface area contributed by atoms with Crippen LogP contribution in [0.25, 0.3) is 10.9 Å². The number of benzene rings is 2. The Bertz CT molecular complexity index is 936. The normalized spacial score (nSPS) is 12.0. The molecule has 0 aliphatic rings. The van der Waals surface area contributed by atoms with Crippen molar-refractivity contribution in [3.63, 3.8) is 0 Å². The number of ether oxygens (including phenoxy) is 2. The van der Waals surface area contributed by atoms with E-state index in [2.05, 4.69) is 15.3 Å². The molecule has 0 amide bonds. The molecule has 0 aliphatic carbocycles. The second kappa shape index (κ2) is 7.40. The molecule has 0 saturated heterocycles. The number of aromatic nitrogens is 2. The van der Waals surface area contributed by atoms with Crippen molar-refractivity contribution in [1.29, 1.82) is 0 Å². The van der Waals surface area contributed by atoms with Crippen LogP contribution in [0.15, 0.2) is 36.7 Å². The molecule has 1 atom stereocenters. The van der Waals surface area contributed by atoms with Gasteiger partial charge >= 0.3 is 0 Å². The molecule has 0 spiro atoms. The number of nitrogens with one attached hydrogen (secondary N) is 1. The largest absolute Gasteiger partial charge is 0.493 e. The third-order valence-corrected chi connectivity index (χ3v) is 3.76. The lowest BCUT2D eigenvalue weighted by molar-refractivity contribution is 0.128. The van der Waals surface area contributed by atoms with E-state index in [0.29, 0.717) is 33.9 Å². The van der Waals surface area contributed by atoms with Gasteiger partial charge in [0.1, 0.15) is 24.1 Å². The Morgan fingerprint density at radius 1 is 1.27 bits per heavy atom. The van der Waals surface area contributed by atoms with E-state index in [4.69, 9.17) is 15.2 Å². The Morgan fingerprint density at radius 2 is 2.08 bits per heavy atom. The SMILES string of the molecule is COc1ccc2ncnc(Nc3ccc(N)cc3F)c2c1OC(C)CO. The van der Waals surface area contributed by atoms with Crippen molar-refractivity contribution in [2.75, 3.05) is 24.8 Å². The first-order chi connectivity index (χ1) is 12.5. The quantitative estimate of drug-likeness (QED) is 0.582. The van der Waals surface area contributed by atoms with Gasteiger partial charge in [0.2, 0.25) is 0 Å². The Labute approximate surface area is 149 Å². The van der Waals surface area contributed by atoms with Crippen molar-refractivity contribution >= 4 is 28.1 Å². The van der Waals surface area contributed by atoms with Gasteiger partial charge in [-0.2, -0.15) is 0 Å². The molecule has 1 aromatic heterocycles. The van der Waals surface area contributed by atoms with Crippen molar-refractivity contribution < 1.29 is 19.0 Å². The highest BCUT2D eigenvalue weighted by atomic mass is 19.1. The summed E-state index contributed by atoms with van der Waals surface area (Å²) < 4.78 is 25.4. The lowest BCUT2D eigenvalue weighted by Crippen LogP contribution is -2.17. The van der Waals surface area contributed by atoms with Crippen molar-refractivity contribution in [1.82, 2.24) is 9.97 Å². The number of fused-ring (bicyclic) bond motifs is 1. The minimum atomic E-state index is -0.508. The summed E-state index contributed by atoms with van der Waals surface area (Å²) in [5.41, 5.74) is 6.71. The summed E-state index contributed by atoms with van der Waals surface area (Å²) in [6, 6.07) is 7.78. The van der Waals surface area contributed by atoms with Crippen molar-refractivity contribution in [3.05, 3.63) is 42.5 Å². The van der Waals surface area contributed by atoms with E-state index in [0.717, 1.165) is 0 Å². The molecule has 26 heavy (non-hydrogen) atoms. The molecule has 1 heterocycles. The van der Waals surface area contributed by atoms with Gasteiger partial charge in [0.25, 0.3) is 0 Å². The molecule has 136 valence electrons. The van der Waals surface area contributed by atoms with E-state index < -0.39 is 11.9 Å². The maximum absolute atomic E-state index is 14.2. The molecular weight excluding hydrogens is 339 g/mol. The second-order valence-electron chi connectivity index (χ2n) is 5.69. The molecule has 0 radical (unpaired) electrons. The zero-order valence-electron chi connectivity index (χ0n) is 14.4. The smallest absolute Gasteiger partial charge is 0.174 e. The van der Waals surface area contributed by atoms with Gasteiger partial charge in [0.05, 0.1) is 30.3 Å². The van der Waals surface area contributed by atoms with Crippen LogP contribution in [0.1, 0.15) is 6.92 Å². The minimum Gasteiger partial charge on any atom is -0.493 e. The number of anilines is 3. The van der Waals surface area contributed by atoms with Gasteiger partial charge in [-0.25, -0.2) is 14.4 Å². The van der Waals surface area contributed by atoms with Gasteiger partial charge in [-0.1, -0.05) is 0 Å². The number of nitrogens with zero attached hydrogens (tertiary/aromatic N) is 2. The van der Waals surface area contributed by atoms with Gasteiger partial charge in [0, 0.05) is 5.69 Å². The lowest BCUT2D eigenvalue weighted by Gasteiger charge is -2.18. The molecule has 4 N–H and O–H groups in total. The maximum Gasteiger partial charge on any atom is 0.174 e. The van der Waals surface area contributed by atoms with Crippen LogP contribution in [0.2, 0.25) is 0 Å². The standard InChI is InChI=1S/C18H19FN4O3/c1-10(8-24)26-17-15(25-2)6-5-14-16(17)18(22-9-21-14)23-13-4-3-11(20)7-12(13)19/h3-7,9-10,24H,8,20H2,1-2H3,(H,21,22,23). The number of methoxy groups -OCH3 is 1. The number of aliphatic hydroxyl groups is 1. The monoisotopic (exact) mass is 358 g/mol. The zero-order valence-corrected chi connectivity index (χ0v) is 14.4. The van der Waals surface area contributed by atoms with Gasteiger partial charge < -0.3 is 25.6 Å². The molecule has 0 saturated carbocycles. The van der Waals surface area contributed by atoms with E-state index >= 15 is 0 Å². The molecule has 8 heteroatoms. The Balaban J connectivity index is 2.15. The second-order valence-corrected chi connectivity index (χ2v) is 5.69. The predicted octanol–water partition coefficient (Wildman–Crippen LogP) is 2.86. The molecule has 0 bridgehead atoms. The summed E-state index contributed by atoms with van der Waals surface area (Å²) in [5, 5.41) is 12.8. The van der Waals surface area contributed by atoms with Crippen LogP contribution in [0.3, 0.4) is 0 Å². The van der Waals surface area contributed by atoms with Crippen LogP contribution >= 0.6 is 0 Å². The first kappa shape index (κ1) is 17.7. The van der Waals surface area contributed by atoms with Crippen LogP contribution < -0.4 is 20.5 Å². The van der Waals surface area contributed by atoms with E-state index in [9.17, 15) is 9.50 Å². The van der Waals surface area contributed by atoms with Crippen LogP contribution in [-0.2, 0) is 0 Å². The van der Waals surface area contributed by atoms with E-state index in [1.165, 1.54) is 25.6 Å². The highest BCUT2D eigenvalue weighted by Gasteiger charge is 2.18. The Kier molecular flexibility index (Phi) is 5.04. The summed E-state index contributed by atoms with van der Waals surface area (Å²) in [6.07, 6.45) is 0.891. The Morgan fingerprint density at radius 3 is 2.77 bits per heavy atom. The molecule has 2 aromatic carbocycles. The van der Waals surface area contributed by atoms with Crippen molar-refractivity contribution in [3.8, 4) is 11.5 Å². The summed E-state index contributed by atoms with van der Waals surface area (Å²) in [7, 11) is 1.51. The molecule has 0 fully saturated rings. The number of nitrogen functional groups attached to an aromatic ring is 1. The highest BCUT2D eigenvalue weighted by Crippen LogP contribution is 2.39. The number of hydrogen-bond donors (Lipinski definition) is 3. The highest BCUT2D eigenvalue weighted by molar-refractivity contribution is 5.97. The van der Waals surface area contributed by atoms with Crippen LogP contribution in [0.4, 0.5) is 21.6 Å². The molecule has 3 aromatic rings. The summed E-state index contributed by atoms with van der Waals surface area (Å²) >= 11 is 0. The fraction of sp³-hybridized carbons (Fsp3) is 0.222. The summed E-state index contributed by atoms with van der Waals surface area (Å²) in [6.45, 7) is 1.54. The number of rotatable bonds is 6. The van der Waals surface area contributed by atoms with Crippen molar-refractivity contribution in [2.24, 2.45) is 0 Å². The third kappa shape index (κ3) is 3.45. The summed E-state index contributed by atoms with van der Waals surface area (Å²) in [5.74, 6) is 0.655. The van der Waals surface area contributed by atoms with Gasteiger partial charge in [-0.05, 0) is 37.3 Å². The molecule has 3 rings (SSSR count). The Hall–Kier alpha value is -3.13. The van der Waals surface area contributed by atoms with E-state index in [-0.39, 0.29) is 12.3 Å².